The summed E-state index contributed by atoms with van der Waals surface area (Å²) in [6, 6.07) is 0. The van der Waals surface area contributed by atoms with E-state index in [2.05, 4.69) is 6.92 Å². The van der Waals surface area contributed by atoms with Crippen molar-refractivity contribution in [3.8, 4) is 0 Å². The van der Waals surface area contributed by atoms with Crippen LogP contribution >= 0.6 is 0 Å². The Kier molecular flexibility index (Phi) is 4.07. The Bertz CT molecular complexity index is 383. The van der Waals surface area contributed by atoms with Crippen molar-refractivity contribution in [2.24, 2.45) is 5.92 Å². The Balaban J connectivity index is 2.32. The number of hydrogen-bond acceptors (Lipinski definition) is 2. The summed E-state index contributed by atoms with van der Waals surface area (Å²) in [5.74, 6) is 0.506. The highest BCUT2D eigenvalue weighted by Crippen LogP contribution is 2.43. The smallest absolute Gasteiger partial charge is 0.212 e. The van der Waals surface area contributed by atoms with Gasteiger partial charge in [0.25, 0.3) is 0 Å². The number of rotatable bonds is 2. The van der Waals surface area contributed by atoms with Crippen molar-refractivity contribution >= 4 is 10.0 Å². The average molecular weight is 273 g/mol. The maximum absolute atomic E-state index is 12.6. The normalized spacial score (nSPS) is 29.9. The summed E-state index contributed by atoms with van der Waals surface area (Å²) in [5.41, 5.74) is -0.0339. The molecule has 4 heteroatoms. The van der Waals surface area contributed by atoms with Gasteiger partial charge in [-0.3, -0.25) is 0 Å². The van der Waals surface area contributed by atoms with Crippen LogP contribution < -0.4 is 0 Å². The molecule has 0 radical (unpaired) electrons. The monoisotopic (exact) mass is 273 g/mol. The van der Waals surface area contributed by atoms with Gasteiger partial charge in [0.05, 0.1) is 5.25 Å². The molecule has 1 atom stereocenters. The van der Waals surface area contributed by atoms with Crippen molar-refractivity contribution < 1.29 is 8.42 Å². The van der Waals surface area contributed by atoms with Crippen molar-refractivity contribution in [2.45, 2.75) is 76.5 Å². The Hall–Kier alpha value is -0.0900. The summed E-state index contributed by atoms with van der Waals surface area (Å²) in [6.07, 6.45) is 8.06. The third kappa shape index (κ3) is 2.46. The molecule has 1 unspecified atom stereocenters. The van der Waals surface area contributed by atoms with Crippen LogP contribution in [-0.2, 0) is 10.0 Å². The summed E-state index contributed by atoms with van der Waals surface area (Å²) in [4.78, 5) is 0. The quantitative estimate of drug-likeness (QED) is 0.775. The van der Waals surface area contributed by atoms with Crippen LogP contribution in [0.15, 0.2) is 0 Å². The maximum Gasteiger partial charge on any atom is 0.216 e. The zero-order chi connectivity index (χ0) is 13.4. The van der Waals surface area contributed by atoms with E-state index in [1.54, 1.807) is 0 Å². The maximum atomic E-state index is 12.6. The fraction of sp³-hybridized carbons (Fsp3) is 1.00. The van der Waals surface area contributed by atoms with Gasteiger partial charge in [-0.2, -0.15) is 4.31 Å². The van der Waals surface area contributed by atoms with Crippen LogP contribution in [0.4, 0.5) is 0 Å². The van der Waals surface area contributed by atoms with E-state index in [-0.39, 0.29) is 10.8 Å². The number of nitrogens with zero attached hydrogens (tertiary/aromatic N) is 1. The lowest BCUT2D eigenvalue weighted by atomic mass is 9.74. The lowest BCUT2D eigenvalue weighted by molar-refractivity contribution is 0.0634. The van der Waals surface area contributed by atoms with Gasteiger partial charge in [-0.15, -0.1) is 0 Å². The molecule has 0 aromatic heterocycles. The Morgan fingerprint density at radius 1 is 1.11 bits per heavy atom. The number of piperidine rings is 1. The van der Waals surface area contributed by atoms with Crippen LogP contribution in [0.5, 0.6) is 0 Å². The number of hydrogen-bond donors (Lipinski definition) is 0. The molecule has 2 fully saturated rings. The molecule has 1 saturated carbocycles. The molecule has 2 rings (SSSR count). The second-order valence-corrected chi connectivity index (χ2v) is 8.97. The Morgan fingerprint density at radius 2 is 1.72 bits per heavy atom. The molecule has 0 amide bonds. The molecule has 1 saturated heterocycles. The van der Waals surface area contributed by atoms with Gasteiger partial charge in [0.2, 0.25) is 10.0 Å². The Morgan fingerprint density at radius 3 is 2.28 bits per heavy atom. The minimum Gasteiger partial charge on any atom is -0.212 e. The molecule has 3 nitrogen and oxygen atoms in total. The third-order valence-corrected chi connectivity index (χ3v) is 7.14. The minimum atomic E-state index is -3.11. The van der Waals surface area contributed by atoms with Crippen molar-refractivity contribution in [2.75, 3.05) is 6.54 Å². The minimum absolute atomic E-state index is 0.0339. The van der Waals surface area contributed by atoms with Crippen LogP contribution in [0, 0.1) is 5.92 Å². The summed E-state index contributed by atoms with van der Waals surface area (Å²) in [6.45, 7) is 6.54. The highest BCUT2D eigenvalue weighted by Gasteiger charge is 2.47. The first-order valence-corrected chi connectivity index (χ1v) is 8.90. The highest BCUT2D eigenvalue weighted by atomic mass is 32.2. The first-order valence-electron chi connectivity index (χ1n) is 7.40. The van der Waals surface area contributed by atoms with Gasteiger partial charge < -0.3 is 0 Å². The Labute approximate surface area is 112 Å². The zero-order valence-electron chi connectivity index (χ0n) is 12.0. The molecule has 1 spiro atoms. The van der Waals surface area contributed by atoms with Gasteiger partial charge in [0, 0.05) is 12.1 Å². The average Bonchev–Trinajstić information content (AvgIpc) is 2.33. The van der Waals surface area contributed by atoms with Gasteiger partial charge in [0.15, 0.2) is 0 Å². The largest absolute Gasteiger partial charge is 0.216 e. The van der Waals surface area contributed by atoms with E-state index in [4.69, 9.17) is 0 Å². The second kappa shape index (κ2) is 5.12. The van der Waals surface area contributed by atoms with Crippen LogP contribution in [0.3, 0.4) is 0 Å². The molecular weight excluding hydrogens is 246 g/mol. The molecule has 0 N–H and O–H groups in total. The van der Waals surface area contributed by atoms with E-state index in [0.717, 1.165) is 25.8 Å². The fourth-order valence-corrected chi connectivity index (χ4v) is 5.33. The predicted octanol–water partition coefficient (Wildman–Crippen LogP) is 3.16. The van der Waals surface area contributed by atoms with E-state index in [0.29, 0.717) is 5.92 Å². The summed E-state index contributed by atoms with van der Waals surface area (Å²) in [7, 11) is -3.11. The van der Waals surface area contributed by atoms with Gasteiger partial charge in [-0.05, 0) is 45.4 Å². The lowest BCUT2D eigenvalue weighted by Gasteiger charge is -2.50. The van der Waals surface area contributed by atoms with Gasteiger partial charge >= 0.3 is 0 Å². The molecule has 1 heterocycles. The van der Waals surface area contributed by atoms with E-state index in [1.165, 1.54) is 25.7 Å². The molecule has 18 heavy (non-hydrogen) atoms. The molecule has 0 aromatic rings. The van der Waals surface area contributed by atoms with E-state index in [1.807, 2.05) is 18.2 Å². The molecule has 2 aliphatic rings. The van der Waals surface area contributed by atoms with Gasteiger partial charge in [-0.25, -0.2) is 8.42 Å². The first kappa shape index (κ1) is 14.3. The van der Waals surface area contributed by atoms with Crippen LogP contribution in [0.2, 0.25) is 0 Å². The summed E-state index contributed by atoms with van der Waals surface area (Å²) >= 11 is 0. The number of sulfonamides is 1. The zero-order valence-corrected chi connectivity index (χ0v) is 12.8. The highest BCUT2D eigenvalue weighted by molar-refractivity contribution is 7.89. The van der Waals surface area contributed by atoms with E-state index >= 15 is 0 Å². The van der Waals surface area contributed by atoms with Gasteiger partial charge in [-0.1, -0.05) is 26.2 Å². The molecule has 106 valence electrons. The van der Waals surface area contributed by atoms with E-state index < -0.39 is 10.0 Å². The van der Waals surface area contributed by atoms with Crippen LogP contribution in [-0.4, -0.2) is 30.1 Å². The molecule has 0 bridgehead atoms. The third-order valence-electron chi connectivity index (χ3n) is 4.80. The molecular formula is C14H27NO2S. The summed E-state index contributed by atoms with van der Waals surface area (Å²) < 4.78 is 27.2. The summed E-state index contributed by atoms with van der Waals surface area (Å²) in [5, 5.41) is -0.290. The molecule has 1 aliphatic carbocycles. The first-order chi connectivity index (χ1) is 8.38. The topological polar surface area (TPSA) is 37.4 Å². The van der Waals surface area contributed by atoms with E-state index in [9.17, 15) is 8.42 Å². The standard InChI is InChI=1S/C14H27NO2S/c1-12(2)18(16,17)15-11-13(3)7-10-14(15)8-5-4-6-9-14/h12-13H,4-11H2,1-3H3. The van der Waals surface area contributed by atoms with Crippen molar-refractivity contribution in [3.63, 3.8) is 0 Å². The van der Waals surface area contributed by atoms with Crippen molar-refractivity contribution in [1.82, 2.24) is 4.31 Å². The second-order valence-electron chi connectivity index (χ2n) is 6.55. The predicted molar refractivity (Wildman–Crippen MR) is 75.0 cm³/mol. The fourth-order valence-electron chi connectivity index (χ4n) is 3.55. The van der Waals surface area contributed by atoms with Crippen molar-refractivity contribution in [1.29, 1.82) is 0 Å². The van der Waals surface area contributed by atoms with Crippen molar-refractivity contribution in [3.05, 3.63) is 0 Å². The lowest BCUT2D eigenvalue weighted by Crippen LogP contribution is -2.58. The SMILES string of the molecule is CC1CCC2(CCCCC2)N(S(=O)(=O)C(C)C)C1. The molecule has 1 aliphatic heterocycles. The van der Waals surface area contributed by atoms with Crippen LogP contribution in [0.1, 0.15) is 65.7 Å². The molecule has 0 aromatic carbocycles. The van der Waals surface area contributed by atoms with Gasteiger partial charge in [0.1, 0.15) is 0 Å². The van der Waals surface area contributed by atoms with Crippen LogP contribution in [0.25, 0.3) is 0 Å².